The summed E-state index contributed by atoms with van der Waals surface area (Å²) in [5.41, 5.74) is -1.87. The monoisotopic (exact) mass is 171 g/mol. The van der Waals surface area contributed by atoms with E-state index in [1.54, 1.807) is 0 Å². The molecule has 0 aliphatic carbocycles. The highest BCUT2D eigenvalue weighted by molar-refractivity contribution is 5.66. The van der Waals surface area contributed by atoms with E-state index in [1.165, 1.54) is 0 Å². The average Bonchev–Trinajstić information content (AvgIpc) is 1.96. The van der Waals surface area contributed by atoms with Crippen molar-refractivity contribution in [2.45, 2.75) is 6.54 Å². The van der Waals surface area contributed by atoms with Crippen LogP contribution in [0.25, 0.3) is 0 Å². The van der Waals surface area contributed by atoms with Crippen molar-refractivity contribution in [1.82, 2.24) is 14.8 Å². The standard InChI is InChI=1S/C5H5N3O4/c9-3(10)1-8-2-6-4(11)5(12)7-8/h2H,1H2,(H,7,12)(H,9,10). The molecular formula is C5H5N3O4. The molecule has 64 valence electrons. The van der Waals surface area contributed by atoms with Crippen molar-refractivity contribution in [2.24, 2.45) is 0 Å². The molecule has 0 aliphatic heterocycles. The fourth-order valence-corrected chi connectivity index (χ4v) is 0.614. The van der Waals surface area contributed by atoms with Crippen LogP contribution >= 0.6 is 0 Å². The molecule has 7 heteroatoms. The highest BCUT2D eigenvalue weighted by atomic mass is 16.4. The maximum absolute atomic E-state index is 10.6. The van der Waals surface area contributed by atoms with Gasteiger partial charge in [-0.1, -0.05) is 0 Å². The van der Waals surface area contributed by atoms with Crippen LogP contribution in [0.4, 0.5) is 0 Å². The summed E-state index contributed by atoms with van der Waals surface area (Å²) in [5.74, 6) is -1.13. The maximum Gasteiger partial charge on any atom is 0.338 e. The minimum absolute atomic E-state index is 0.428. The van der Waals surface area contributed by atoms with E-state index in [-0.39, 0.29) is 0 Å². The molecule has 0 aromatic carbocycles. The average molecular weight is 171 g/mol. The van der Waals surface area contributed by atoms with Gasteiger partial charge in [-0.2, -0.15) is 4.98 Å². The zero-order valence-corrected chi connectivity index (χ0v) is 5.85. The molecule has 0 saturated carbocycles. The number of carboxylic acids is 1. The molecule has 0 radical (unpaired) electrons. The zero-order chi connectivity index (χ0) is 9.14. The van der Waals surface area contributed by atoms with E-state index in [1.807, 2.05) is 5.10 Å². The number of aliphatic carboxylic acids is 1. The lowest BCUT2D eigenvalue weighted by Gasteiger charge is -1.98. The Kier molecular flexibility index (Phi) is 2.04. The van der Waals surface area contributed by atoms with Gasteiger partial charge in [-0.3, -0.25) is 24.2 Å². The normalized spacial score (nSPS) is 9.67. The third kappa shape index (κ3) is 1.78. The summed E-state index contributed by atoms with van der Waals surface area (Å²) in [6.07, 6.45) is 0.956. The summed E-state index contributed by atoms with van der Waals surface area (Å²) in [6, 6.07) is 0. The number of nitrogens with one attached hydrogen (secondary N) is 1. The van der Waals surface area contributed by atoms with Gasteiger partial charge in [0.2, 0.25) is 0 Å². The van der Waals surface area contributed by atoms with Crippen molar-refractivity contribution >= 4 is 5.97 Å². The Labute approximate surface area is 65.3 Å². The Hall–Kier alpha value is -1.92. The second-order valence-electron chi connectivity index (χ2n) is 2.01. The molecule has 0 amide bonds. The van der Waals surface area contributed by atoms with Gasteiger partial charge in [-0.25, -0.2) is 0 Å². The number of hydrogen-bond acceptors (Lipinski definition) is 4. The van der Waals surface area contributed by atoms with Gasteiger partial charge in [-0.05, 0) is 0 Å². The molecule has 0 atom stereocenters. The van der Waals surface area contributed by atoms with Crippen LogP contribution in [0.5, 0.6) is 0 Å². The Morgan fingerprint density at radius 2 is 2.33 bits per heavy atom. The highest BCUT2D eigenvalue weighted by Crippen LogP contribution is 1.73. The predicted octanol–water partition coefficient (Wildman–Crippen LogP) is -1.98. The minimum atomic E-state index is -1.13. The van der Waals surface area contributed by atoms with Crippen molar-refractivity contribution in [3.63, 3.8) is 0 Å². The van der Waals surface area contributed by atoms with Crippen LogP contribution in [0.1, 0.15) is 0 Å². The van der Waals surface area contributed by atoms with Gasteiger partial charge in [0.05, 0.1) is 0 Å². The lowest BCUT2D eigenvalue weighted by Crippen LogP contribution is -2.33. The molecule has 1 aromatic heterocycles. The summed E-state index contributed by atoms with van der Waals surface area (Å²) in [5, 5.41) is 10.3. The second kappa shape index (κ2) is 2.99. The Bertz CT molecular complexity index is 404. The topological polar surface area (TPSA) is 105 Å². The molecule has 1 aromatic rings. The van der Waals surface area contributed by atoms with Crippen molar-refractivity contribution in [2.75, 3.05) is 0 Å². The molecular weight excluding hydrogens is 166 g/mol. The van der Waals surface area contributed by atoms with Crippen LogP contribution in [-0.2, 0) is 11.3 Å². The first-order chi connectivity index (χ1) is 5.59. The number of nitrogens with zero attached hydrogens (tertiary/aromatic N) is 2. The van der Waals surface area contributed by atoms with E-state index in [0.29, 0.717) is 0 Å². The number of H-pyrrole nitrogens is 1. The van der Waals surface area contributed by atoms with Crippen LogP contribution in [0.3, 0.4) is 0 Å². The lowest BCUT2D eigenvalue weighted by molar-refractivity contribution is -0.137. The Balaban J connectivity index is 3.06. The van der Waals surface area contributed by atoms with E-state index < -0.39 is 23.6 Å². The van der Waals surface area contributed by atoms with Crippen LogP contribution in [0, 0.1) is 0 Å². The van der Waals surface area contributed by atoms with E-state index >= 15 is 0 Å². The molecule has 0 aliphatic rings. The Morgan fingerprint density at radius 3 is 2.83 bits per heavy atom. The molecule has 0 fully saturated rings. The predicted molar refractivity (Wildman–Crippen MR) is 36.8 cm³/mol. The maximum atomic E-state index is 10.6. The quantitative estimate of drug-likeness (QED) is 0.501. The molecule has 0 saturated heterocycles. The summed E-state index contributed by atoms with van der Waals surface area (Å²) in [6.45, 7) is -0.428. The van der Waals surface area contributed by atoms with Gasteiger partial charge in [-0.15, -0.1) is 0 Å². The van der Waals surface area contributed by atoms with Crippen LogP contribution in [0.15, 0.2) is 15.9 Å². The first-order valence-electron chi connectivity index (χ1n) is 2.97. The first-order valence-corrected chi connectivity index (χ1v) is 2.97. The molecule has 7 nitrogen and oxygen atoms in total. The van der Waals surface area contributed by atoms with Gasteiger partial charge < -0.3 is 5.11 Å². The van der Waals surface area contributed by atoms with Gasteiger partial charge >= 0.3 is 17.1 Å². The largest absolute Gasteiger partial charge is 0.480 e. The number of aromatic amines is 1. The third-order valence-electron chi connectivity index (χ3n) is 1.06. The van der Waals surface area contributed by atoms with Crippen molar-refractivity contribution in [3.05, 3.63) is 27.0 Å². The highest BCUT2D eigenvalue weighted by Gasteiger charge is 1.99. The summed E-state index contributed by atoms with van der Waals surface area (Å²) in [4.78, 5) is 34.3. The smallest absolute Gasteiger partial charge is 0.338 e. The number of rotatable bonds is 2. The lowest BCUT2D eigenvalue weighted by atomic mass is 10.7. The van der Waals surface area contributed by atoms with Crippen LogP contribution in [0.2, 0.25) is 0 Å². The molecule has 1 heterocycles. The van der Waals surface area contributed by atoms with E-state index in [0.717, 1.165) is 11.0 Å². The van der Waals surface area contributed by atoms with Crippen LogP contribution < -0.4 is 11.1 Å². The summed E-state index contributed by atoms with van der Waals surface area (Å²) >= 11 is 0. The van der Waals surface area contributed by atoms with Crippen LogP contribution in [-0.4, -0.2) is 25.8 Å². The fraction of sp³-hybridized carbons (Fsp3) is 0.200. The molecule has 0 spiro atoms. The van der Waals surface area contributed by atoms with Gasteiger partial charge in [0, 0.05) is 0 Å². The molecule has 2 N–H and O–H groups in total. The molecule has 12 heavy (non-hydrogen) atoms. The van der Waals surface area contributed by atoms with Gasteiger partial charge in [0.1, 0.15) is 12.9 Å². The van der Waals surface area contributed by atoms with E-state index in [2.05, 4.69) is 4.98 Å². The number of aromatic nitrogens is 3. The molecule has 1 rings (SSSR count). The number of hydrogen-bond donors (Lipinski definition) is 2. The SMILES string of the molecule is O=C(O)Cn1cnc(=O)c(=O)[nH]1. The van der Waals surface area contributed by atoms with Gasteiger partial charge in [0.25, 0.3) is 0 Å². The van der Waals surface area contributed by atoms with Crippen molar-refractivity contribution in [1.29, 1.82) is 0 Å². The van der Waals surface area contributed by atoms with E-state index in [4.69, 9.17) is 5.11 Å². The zero-order valence-electron chi connectivity index (χ0n) is 5.85. The molecule has 0 unspecified atom stereocenters. The molecule has 0 bridgehead atoms. The Morgan fingerprint density at radius 1 is 1.67 bits per heavy atom. The van der Waals surface area contributed by atoms with Crippen molar-refractivity contribution in [3.8, 4) is 0 Å². The fourth-order valence-electron chi connectivity index (χ4n) is 0.614. The second-order valence-corrected chi connectivity index (χ2v) is 2.01. The van der Waals surface area contributed by atoms with Crippen molar-refractivity contribution < 1.29 is 9.90 Å². The minimum Gasteiger partial charge on any atom is -0.480 e. The number of carbonyl (C=O) groups is 1. The third-order valence-corrected chi connectivity index (χ3v) is 1.06. The number of carboxylic acid groups (broad SMARTS) is 1. The summed E-state index contributed by atoms with van der Waals surface area (Å²) < 4.78 is 0.909. The summed E-state index contributed by atoms with van der Waals surface area (Å²) in [7, 11) is 0. The first kappa shape index (κ1) is 8.18. The van der Waals surface area contributed by atoms with E-state index in [9.17, 15) is 14.4 Å². The van der Waals surface area contributed by atoms with Gasteiger partial charge in [0.15, 0.2) is 0 Å².